The fourth-order valence-corrected chi connectivity index (χ4v) is 1.38. The van der Waals surface area contributed by atoms with Gasteiger partial charge in [-0.1, -0.05) is 20.8 Å². The first-order valence-electron chi connectivity index (χ1n) is 5.86. The maximum Gasteiger partial charge on any atom is 0.195 e. The summed E-state index contributed by atoms with van der Waals surface area (Å²) in [6.45, 7) is 8.50. The second-order valence-corrected chi connectivity index (χ2v) is 4.26. The summed E-state index contributed by atoms with van der Waals surface area (Å²) in [7, 11) is 0. The van der Waals surface area contributed by atoms with Gasteiger partial charge in [0.15, 0.2) is 5.89 Å². The van der Waals surface area contributed by atoms with Crippen LogP contribution in [0, 0.1) is 5.92 Å². The Labute approximate surface area is 92.3 Å². The third-order valence-corrected chi connectivity index (χ3v) is 2.34. The van der Waals surface area contributed by atoms with E-state index in [9.17, 15) is 0 Å². The third kappa shape index (κ3) is 4.98. The summed E-state index contributed by atoms with van der Waals surface area (Å²) in [6, 6.07) is 0. The maximum atomic E-state index is 5.63. The lowest BCUT2D eigenvalue weighted by Crippen LogP contribution is -2.16. The molecule has 86 valence electrons. The Bertz CT molecular complexity index is 268. The molecule has 0 saturated heterocycles. The van der Waals surface area contributed by atoms with Crippen molar-refractivity contribution in [2.45, 2.75) is 40.0 Å². The molecular formula is C12H22N2O. The molecule has 0 unspecified atom stereocenters. The molecule has 0 fully saturated rings. The molecule has 1 aromatic heterocycles. The number of rotatable bonds is 7. The monoisotopic (exact) mass is 210 g/mol. The Hall–Kier alpha value is -0.830. The SMILES string of the molecule is CCNCCc1ncc(CCC(C)C)o1. The Balaban J connectivity index is 2.29. The van der Waals surface area contributed by atoms with Crippen molar-refractivity contribution < 1.29 is 4.42 Å². The molecule has 0 aromatic carbocycles. The van der Waals surface area contributed by atoms with Gasteiger partial charge in [-0.2, -0.15) is 0 Å². The van der Waals surface area contributed by atoms with Gasteiger partial charge >= 0.3 is 0 Å². The van der Waals surface area contributed by atoms with Gasteiger partial charge in [-0.3, -0.25) is 0 Å². The zero-order valence-electron chi connectivity index (χ0n) is 10.0. The van der Waals surface area contributed by atoms with Crippen molar-refractivity contribution in [3.05, 3.63) is 17.8 Å². The standard InChI is InChI=1S/C12H22N2O/c1-4-13-8-7-12-14-9-11(15-12)6-5-10(2)3/h9-10,13H,4-8H2,1-3H3. The predicted molar refractivity (Wildman–Crippen MR) is 61.9 cm³/mol. The summed E-state index contributed by atoms with van der Waals surface area (Å²) in [5, 5.41) is 3.26. The Morgan fingerprint density at radius 3 is 2.87 bits per heavy atom. The highest BCUT2D eigenvalue weighted by atomic mass is 16.4. The van der Waals surface area contributed by atoms with Crippen molar-refractivity contribution in [1.82, 2.24) is 10.3 Å². The molecule has 1 rings (SSSR count). The summed E-state index contributed by atoms with van der Waals surface area (Å²) in [5.74, 6) is 2.60. The van der Waals surface area contributed by atoms with E-state index in [2.05, 4.69) is 31.1 Å². The molecule has 15 heavy (non-hydrogen) atoms. The number of oxazole rings is 1. The van der Waals surface area contributed by atoms with Crippen molar-refractivity contribution in [2.75, 3.05) is 13.1 Å². The molecule has 0 aliphatic rings. The van der Waals surface area contributed by atoms with Crippen LogP contribution in [-0.2, 0) is 12.8 Å². The van der Waals surface area contributed by atoms with E-state index in [1.54, 1.807) is 0 Å². The van der Waals surface area contributed by atoms with Crippen molar-refractivity contribution >= 4 is 0 Å². The zero-order valence-corrected chi connectivity index (χ0v) is 10.0. The van der Waals surface area contributed by atoms with E-state index in [1.807, 2.05) is 6.20 Å². The first-order chi connectivity index (χ1) is 7.22. The highest BCUT2D eigenvalue weighted by Gasteiger charge is 2.04. The smallest absolute Gasteiger partial charge is 0.195 e. The average Bonchev–Trinajstić information content (AvgIpc) is 2.63. The topological polar surface area (TPSA) is 38.1 Å². The van der Waals surface area contributed by atoms with E-state index in [4.69, 9.17) is 4.42 Å². The second-order valence-electron chi connectivity index (χ2n) is 4.26. The Morgan fingerprint density at radius 1 is 1.40 bits per heavy atom. The number of nitrogens with zero attached hydrogens (tertiary/aromatic N) is 1. The minimum Gasteiger partial charge on any atom is -0.446 e. The van der Waals surface area contributed by atoms with Gasteiger partial charge in [0.25, 0.3) is 0 Å². The fraction of sp³-hybridized carbons (Fsp3) is 0.750. The maximum absolute atomic E-state index is 5.63. The van der Waals surface area contributed by atoms with E-state index in [1.165, 1.54) is 6.42 Å². The summed E-state index contributed by atoms with van der Waals surface area (Å²) in [6.07, 6.45) is 4.92. The summed E-state index contributed by atoms with van der Waals surface area (Å²) >= 11 is 0. The van der Waals surface area contributed by atoms with Crippen LogP contribution >= 0.6 is 0 Å². The molecule has 3 heteroatoms. The van der Waals surface area contributed by atoms with Crippen LogP contribution in [-0.4, -0.2) is 18.1 Å². The molecule has 0 amide bonds. The van der Waals surface area contributed by atoms with E-state index in [0.717, 1.165) is 43.5 Å². The molecule has 1 N–H and O–H groups in total. The molecule has 0 radical (unpaired) electrons. The lowest BCUT2D eigenvalue weighted by molar-refractivity contribution is 0.432. The molecule has 0 bridgehead atoms. The molecule has 3 nitrogen and oxygen atoms in total. The van der Waals surface area contributed by atoms with Gasteiger partial charge in [0, 0.05) is 19.4 Å². The van der Waals surface area contributed by atoms with Crippen molar-refractivity contribution in [2.24, 2.45) is 5.92 Å². The highest BCUT2D eigenvalue weighted by molar-refractivity contribution is 4.94. The molecule has 0 atom stereocenters. The molecule has 0 aliphatic heterocycles. The van der Waals surface area contributed by atoms with Gasteiger partial charge in [-0.05, 0) is 18.9 Å². The Kier molecular flexibility index (Phi) is 5.40. The Morgan fingerprint density at radius 2 is 2.20 bits per heavy atom. The number of aryl methyl sites for hydroxylation is 1. The van der Waals surface area contributed by atoms with Crippen LogP contribution in [0.4, 0.5) is 0 Å². The summed E-state index contributed by atoms with van der Waals surface area (Å²) in [4.78, 5) is 4.26. The van der Waals surface area contributed by atoms with Crippen LogP contribution in [0.5, 0.6) is 0 Å². The van der Waals surface area contributed by atoms with Gasteiger partial charge < -0.3 is 9.73 Å². The molecular weight excluding hydrogens is 188 g/mol. The quantitative estimate of drug-likeness (QED) is 0.702. The van der Waals surface area contributed by atoms with Gasteiger partial charge in [0.2, 0.25) is 0 Å². The fourth-order valence-electron chi connectivity index (χ4n) is 1.38. The minimum atomic E-state index is 0.723. The summed E-state index contributed by atoms with van der Waals surface area (Å²) in [5.41, 5.74) is 0. The van der Waals surface area contributed by atoms with Crippen LogP contribution < -0.4 is 5.32 Å². The van der Waals surface area contributed by atoms with Crippen LogP contribution in [0.1, 0.15) is 38.8 Å². The predicted octanol–water partition coefficient (Wildman–Crippen LogP) is 2.42. The first kappa shape index (κ1) is 12.2. The van der Waals surface area contributed by atoms with E-state index in [0.29, 0.717) is 0 Å². The van der Waals surface area contributed by atoms with Gasteiger partial charge in [-0.15, -0.1) is 0 Å². The van der Waals surface area contributed by atoms with Crippen LogP contribution in [0.15, 0.2) is 10.6 Å². The van der Waals surface area contributed by atoms with Gasteiger partial charge in [0.1, 0.15) is 5.76 Å². The molecule has 0 aliphatic carbocycles. The molecule has 0 spiro atoms. The van der Waals surface area contributed by atoms with Crippen LogP contribution in [0.2, 0.25) is 0 Å². The second kappa shape index (κ2) is 6.62. The van der Waals surface area contributed by atoms with Gasteiger partial charge in [0.05, 0.1) is 6.20 Å². The number of aromatic nitrogens is 1. The lowest BCUT2D eigenvalue weighted by atomic mass is 10.1. The third-order valence-electron chi connectivity index (χ3n) is 2.34. The zero-order chi connectivity index (χ0) is 11.1. The van der Waals surface area contributed by atoms with E-state index >= 15 is 0 Å². The van der Waals surface area contributed by atoms with Gasteiger partial charge in [-0.25, -0.2) is 4.98 Å². The van der Waals surface area contributed by atoms with Crippen molar-refractivity contribution in [3.8, 4) is 0 Å². The van der Waals surface area contributed by atoms with E-state index < -0.39 is 0 Å². The normalized spacial score (nSPS) is 11.2. The minimum absolute atomic E-state index is 0.723. The number of nitrogens with one attached hydrogen (secondary N) is 1. The number of hydrogen-bond donors (Lipinski definition) is 1. The van der Waals surface area contributed by atoms with E-state index in [-0.39, 0.29) is 0 Å². The lowest BCUT2D eigenvalue weighted by Gasteiger charge is -2.00. The average molecular weight is 210 g/mol. The number of hydrogen-bond acceptors (Lipinski definition) is 3. The van der Waals surface area contributed by atoms with Crippen molar-refractivity contribution in [1.29, 1.82) is 0 Å². The highest BCUT2D eigenvalue weighted by Crippen LogP contribution is 2.10. The largest absolute Gasteiger partial charge is 0.446 e. The van der Waals surface area contributed by atoms with Crippen LogP contribution in [0.3, 0.4) is 0 Å². The first-order valence-corrected chi connectivity index (χ1v) is 5.86. The molecule has 1 heterocycles. The summed E-state index contributed by atoms with van der Waals surface area (Å²) < 4.78 is 5.63. The number of likely N-dealkylation sites (N-methyl/N-ethyl adjacent to an activating group) is 1. The molecule has 1 aromatic rings. The van der Waals surface area contributed by atoms with Crippen LogP contribution in [0.25, 0.3) is 0 Å². The van der Waals surface area contributed by atoms with Crippen molar-refractivity contribution in [3.63, 3.8) is 0 Å². The molecule has 0 saturated carbocycles.